The first kappa shape index (κ1) is 24.4. The highest BCUT2D eigenvalue weighted by atomic mass is 16.5. The lowest BCUT2D eigenvalue weighted by Gasteiger charge is -2.39. The average molecular weight is 444 g/mol. The molecule has 2 heterocycles. The van der Waals surface area contributed by atoms with E-state index in [1.807, 2.05) is 17.0 Å². The first-order chi connectivity index (χ1) is 15.5. The molecule has 1 aromatic rings. The molecule has 7 nitrogen and oxygen atoms in total. The van der Waals surface area contributed by atoms with E-state index < -0.39 is 0 Å². The summed E-state index contributed by atoms with van der Waals surface area (Å²) in [7, 11) is 1.70. The lowest BCUT2D eigenvalue weighted by molar-refractivity contribution is -0.135. The van der Waals surface area contributed by atoms with E-state index >= 15 is 0 Å². The molecule has 2 unspecified atom stereocenters. The second-order valence-corrected chi connectivity index (χ2v) is 8.93. The molecule has 2 aliphatic heterocycles. The fourth-order valence-corrected chi connectivity index (χ4v) is 4.57. The zero-order valence-corrected chi connectivity index (χ0v) is 20.3. The molecule has 0 radical (unpaired) electrons. The third-order valence-electron chi connectivity index (χ3n) is 6.78. The quantitative estimate of drug-likeness (QED) is 0.495. The van der Waals surface area contributed by atoms with Gasteiger partial charge in [0.1, 0.15) is 5.75 Å². The Morgan fingerprint density at radius 3 is 2.28 bits per heavy atom. The predicted molar refractivity (Wildman–Crippen MR) is 130 cm³/mol. The Kier molecular flexibility index (Phi) is 9.21. The van der Waals surface area contributed by atoms with E-state index in [9.17, 15) is 4.79 Å². The first-order valence-electron chi connectivity index (χ1n) is 12.2. The molecule has 0 saturated carbocycles. The van der Waals surface area contributed by atoms with Crippen molar-refractivity contribution in [3.05, 3.63) is 29.8 Å². The molecule has 1 amide bonds. The molecule has 2 atom stereocenters. The van der Waals surface area contributed by atoms with Crippen LogP contribution in [-0.4, -0.2) is 92.1 Å². The van der Waals surface area contributed by atoms with Crippen molar-refractivity contribution >= 4 is 11.9 Å². The maximum absolute atomic E-state index is 12.7. The van der Waals surface area contributed by atoms with Crippen molar-refractivity contribution in [3.63, 3.8) is 0 Å². The van der Waals surface area contributed by atoms with Gasteiger partial charge in [0.2, 0.25) is 5.91 Å². The van der Waals surface area contributed by atoms with Gasteiger partial charge in [-0.05, 0) is 56.7 Å². The Morgan fingerprint density at radius 1 is 1.03 bits per heavy atom. The Bertz CT molecular complexity index is 737. The van der Waals surface area contributed by atoms with Crippen molar-refractivity contribution in [3.8, 4) is 5.75 Å². The second-order valence-electron chi connectivity index (χ2n) is 8.93. The molecule has 1 aromatic carbocycles. The van der Waals surface area contributed by atoms with Crippen LogP contribution in [0.3, 0.4) is 0 Å². The lowest BCUT2D eigenvalue weighted by Crippen LogP contribution is -2.57. The van der Waals surface area contributed by atoms with Crippen molar-refractivity contribution in [1.82, 2.24) is 20.0 Å². The minimum atomic E-state index is -0.0277. The highest BCUT2D eigenvalue weighted by Crippen LogP contribution is 2.22. The summed E-state index contributed by atoms with van der Waals surface area (Å²) < 4.78 is 5.26. The van der Waals surface area contributed by atoms with Crippen LogP contribution >= 0.6 is 0 Å². The minimum absolute atomic E-state index is 0.0277. The van der Waals surface area contributed by atoms with Gasteiger partial charge in [0, 0.05) is 52.4 Å². The summed E-state index contributed by atoms with van der Waals surface area (Å²) in [6.45, 7) is 13.5. The van der Waals surface area contributed by atoms with E-state index in [4.69, 9.17) is 9.73 Å². The number of nitrogens with zero attached hydrogens (tertiary/aromatic N) is 4. The Hall–Kier alpha value is -2.28. The molecule has 0 spiro atoms. The Labute approximate surface area is 193 Å². The summed E-state index contributed by atoms with van der Waals surface area (Å²) in [5.41, 5.74) is 1.32. The summed E-state index contributed by atoms with van der Waals surface area (Å²) in [5, 5.41) is 3.46. The maximum atomic E-state index is 12.7. The number of guanidine groups is 1. The summed E-state index contributed by atoms with van der Waals surface area (Å²) in [6, 6.07) is 8.30. The van der Waals surface area contributed by atoms with Gasteiger partial charge in [0.15, 0.2) is 5.96 Å². The van der Waals surface area contributed by atoms with E-state index in [1.54, 1.807) is 7.11 Å². The number of aliphatic imine (C=N–C) groups is 1. The summed E-state index contributed by atoms with van der Waals surface area (Å²) >= 11 is 0. The van der Waals surface area contributed by atoms with E-state index in [1.165, 1.54) is 5.56 Å². The number of likely N-dealkylation sites (tertiary alicyclic amines) is 1. The number of hydrogen-bond donors (Lipinski definition) is 1. The summed E-state index contributed by atoms with van der Waals surface area (Å²) in [6.07, 6.45) is 3.29. The number of piperazine rings is 1. The summed E-state index contributed by atoms with van der Waals surface area (Å²) in [4.78, 5) is 24.4. The number of carbonyl (C=O) groups excluding carboxylic acids is 1. The van der Waals surface area contributed by atoms with Crippen LogP contribution in [-0.2, 0) is 4.79 Å². The van der Waals surface area contributed by atoms with Gasteiger partial charge < -0.3 is 19.9 Å². The van der Waals surface area contributed by atoms with E-state index in [-0.39, 0.29) is 6.04 Å². The zero-order valence-electron chi connectivity index (χ0n) is 20.3. The highest BCUT2D eigenvalue weighted by Gasteiger charge is 2.30. The molecule has 2 aliphatic rings. The third kappa shape index (κ3) is 6.37. The van der Waals surface area contributed by atoms with Crippen LogP contribution in [0.15, 0.2) is 29.3 Å². The van der Waals surface area contributed by atoms with E-state index in [0.717, 1.165) is 83.3 Å². The molecule has 32 heavy (non-hydrogen) atoms. The molecule has 0 bridgehead atoms. The van der Waals surface area contributed by atoms with Crippen molar-refractivity contribution in [2.75, 3.05) is 59.5 Å². The minimum Gasteiger partial charge on any atom is -0.497 e. The van der Waals surface area contributed by atoms with Gasteiger partial charge in [-0.25, -0.2) is 0 Å². The topological polar surface area (TPSA) is 60.4 Å². The number of amides is 1. The number of benzene rings is 1. The van der Waals surface area contributed by atoms with Gasteiger partial charge in [-0.2, -0.15) is 0 Å². The van der Waals surface area contributed by atoms with Crippen LogP contribution in [0.5, 0.6) is 5.75 Å². The molecule has 7 heteroatoms. The number of rotatable bonds is 8. The van der Waals surface area contributed by atoms with Gasteiger partial charge in [-0.3, -0.25) is 14.7 Å². The fraction of sp³-hybridized carbons (Fsp3) is 0.680. The zero-order chi connectivity index (χ0) is 22.9. The number of nitrogens with one attached hydrogen (secondary N) is 1. The number of carbonyl (C=O) groups is 1. The van der Waals surface area contributed by atoms with Gasteiger partial charge in [-0.15, -0.1) is 0 Å². The van der Waals surface area contributed by atoms with Crippen LogP contribution in [0.2, 0.25) is 0 Å². The van der Waals surface area contributed by atoms with E-state index in [0.29, 0.717) is 11.8 Å². The standard InChI is InChI=1S/C25H41N5O2/c1-5-26-25(27-13-12-20(2)22-8-10-23(32-4)11-9-22)30-18-16-28(17-19-30)21(3)24(31)29-14-6-7-15-29/h8-11,20-21H,5-7,12-19H2,1-4H3,(H,26,27). The number of hydrogen-bond acceptors (Lipinski definition) is 4. The van der Waals surface area contributed by atoms with Gasteiger partial charge in [0.25, 0.3) is 0 Å². The van der Waals surface area contributed by atoms with Crippen LogP contribution in [0.25, 0.3) is 0 Å². The fourth-order valence-electron chi connectivity index (χ4n) is 4.57. The lowest BCUT2D eigenvalue weighted by atomic mass is 9.98. The Morgan fingerprint density at radius 2 is 1.69 bits per heavy atom. The molecule has 0 aliphatic carbocycles. The van der Waals surface area contributed by atoms with Crippen molar-refractivity contribution in [2.45, 2.75) is 52.0 Å². The van der Waals surface area contributed by atoms with Gasteiger partial charge in [0.05, 0.1) is 13.2 Å². The third-order valence-corrected chi connectivity index (χ3v) is 6.78. The van der Waals surface area contributed by atoms with Crippen molar-refractivity contribution in [2.24, 2.45) is 4.99 Å². The molecular weight excluding hydrogens is 402 g/mol. The number of methoxy groups -OCH3 is 1. The van der Waals surface area contributed by atoms with Crippen molar-refractivity contribution in [1.29, 1.82) is 0 Å². The van der Waals surface area contributed by atoms with Crippen LogP contribution in [0.4, 0.5) is 0 Å². The SMILES string of the molecule is CCNC(=NCCC(C)c1ccc(OC)cc1)N1CCN(C(C)C(=O)N2CCCC2)CC1. The maximum Gasteiger partial charge on any atom is 0.239 e. The first-order valence-corrected chi connectivity index (χ1v) is 12.2. The molecular formula is C25H41N5O2. The largest absolute Gasteiger partial charge is 0.497 e. The molecule has 3 rings (SSSR count). The monoisotopic (exact) mass is 443 g/mol. The molecule has 2 fully saturated rings. The molecule has 0 aromatic heterocycles. The summed E-state index contributed by atoms with van der Waals surface area (Å²) in [5.74, 6) is 2.63. The molecule has 1 N–H and O–H groups in total. The normalized spacial score (nSPS) is 19.7. The van der Waals surface area contributed by atoms with Gasteiger partial charge >= 0.3 is 0 Å². The van der Waals surface area contributed by atoms with Crippen LogP contribution in [0, 0.1) is 0 Å². The van der Waals surface area contributed by atoms with Crippen molar-refractivity contribution < 1.29 is 9.53 Å². The average Bonchev–Trinajstić information content (AvgIpc) is 3.38. The van der Waals surface area contributed by atoms with E-state index in [2.05, 4.69) is 48.0 Å². The van der Waals surface area contributed by atoms with Crippen LogP contribution in [0.1, 0.15) is 51.5 Å². The highest BCUT2D eigenvalue weighted by molar-refractivity contribution is 5.82. The number of ether oxygens (including phenoxy) is 1. The molecule has 178 valence electrons. The molecule has 2 saturated heterocycles. The Balaban J connectivity index is 1.49. The predicted octanol–water partition coefficient (Wildman–Crippen LogP) is 2.78. The second kappa shape index (κ2) is 12.1. The van der Waals surface area contributed by atoms with Gasteiger partial charge in [-0.1, -0.05) is 19.1 Å². The smallest absolute Gasteiger partial charge is 0.239 e. The van der Waals surface area contributed by atoms with Crippen LogP contribution < -0.4 is 10.1 Å².